The van der Waals surface area contributed by atoms with Crippen molar-refractivity contribution < 1.29 is 14.6 Å². The van der Waals surface area contributed by atoms with Crippen molar-refractivity contribution in [3.63, 3.8) is 0 Å². The maximum atomic E-state index is 11.1. The highest BCUT2D eigenvalue weighted by atomic mass is 16.6. The Kier molecular flexibility index (Phi) is 3.34. The average Bonchev–Trinajstić information content (AvgIpc) is 2.83. The zero-order chi connectivity index (χ0) is 8.97. The van der Waals surface area contributed by atoms with E-state index in [1.807, 2.05) is 0 Å². The average molecular weight is 173 g/mol. The lowest BCUT2D eigenvalue weighted by molar-refractivity contribution is 0.0899. The van der Waals surface area contributed by atoms with E-state index >= 15 is 0 Å². The lowest BCUT2D eigenvalue weighted by Gasteiger charge is -2.15. The lowest BCUT2D eigenvalue weighted by Crippen LogP contribution is -2.30. The van der Waals surface area contributed by atoms with Crippen LogP contribution in [0.3, 0.4) is 0 Å². The molecule has 12 heavy (non-hydrogen) atoms. The second-order valence-corrected chi connectivity index (χ2v) is 3.16. The summed E-state index contributed by atoms with van der Waals surface area (Å²) in [4.78, 5) is 12.6. The third kappa shape index (κ3) is 3.09. The summed E-state index contributed by atoms with van der Waals surface area (Å²) >= 11 is 0. The minimum atomic E-state index is -0.337. The zero-order valence-corrected chi connectivity index (χ0v) is 7.32. The van der Waals surface area contributed by atoms with E-state index in [4.69, 9.17) is 9.84 Å². The Bertz CT molecular complexity index is 156. The van der Waals surface area contributed by atoms with Gasteiger partial charge in [0, 0.05) is 13.6 Å². The SMILES string of the molecule is CN(CC1CC1)C(=O)OCCO. The Hall–Kier alpha value is -0.770. The summed E-state index contributed by atoms with van der Waals surface area (Å²) in [6, 6.07) is 0. The fourth-order valence-corrected chi connectivity index (χ4v) is 1.01. The van der Waals surface area contributed by atoms with Crippen LogP contribution in [0.4, 0.5) is 4.79 Å². The smallest absolute Gasteiger partial charge is 0.409 e. The van der Waals surface area contributed by atoms with Gasteiger partial charge in [-0.2, -0.15) is 0 Å². The van der Waals surface area contributed by atoms with E-state index in [2.05, 4.69) is 0 Å². The van der Waals surface area contributed by atoms with Gasteiger partial charge < -0.3 is 14.7 Å². The van der Waals surface area contributed by atoms with Crippen LogP contribution in [0.5, 0.6) is 0 Å². The molecule has 0 aromatic heterocycles. The molecule has 1 aliphatic rings. The first-order valence-corrected chi connectivity index (χ1v) is 4.22. The highest BCUT2D eigenvalue weighted by molar-refractivity contribution is 5.67. The van der Waals surface area contributed by atoms with Gasteiger partial charge in [0.15, 0.2) is 0 Å². The molecule has 0 unspecified atom stereocenters. The molecule has 0 bridgehead atoms. The number of aliphatic hydroxyl groups excluding tert-OH is 1. The summed E-state index contributed by atoms with van der Waals surface area (Å²) in [5.41, 5.74) is 0. The molecule has 1 aliphatic carbocycles. The van der Waals surface area contributed by atoms with Crippen molar-refractivity contribution in [3.8, 4) is 0 Å². The predicted molar refractivity (Wildman–Crippen MR) is 43.8 cm³/mol. The Morgan fingerprint density at radius 3 is 2.83 bits per heavy atom. The molecule has 0 heterocycles. The summed E-state index contributed by atoms with van der Waals surface area (Å²) in [7, 11) is 1.72. The molecule has 1 N–H and O–H groups in total. The predicted octanol–water partition coefficient (Wildman–Crippen LogP) is 0.457. The van der Waals surface area contributed by atoms with Crippen molar-refractivity contribution in [1.29, 1.82) is 0 Å². The number of nitrogens with zero attached hydrogens (tertiary/aromatic N) is 1. The number of rotatable bonds is 4. The molecule has 1 amide bonds. The van der Waals surface area contributed by atoms with Crippen LogP contribution in [-0.4, -0.2) is 42.9 Å². The minimum absolute atomic E-state index is 0.0911. The third-order valence-corrected chi connectivity index (χ3v) is 1.86. The van der Waals surface area contributed by atoms with E-state index in [-0.39, 0.29) is 19.3 Å². The molecule has 70 valence electrons. The number of hydrogen-bond donors (Lipinski definition) is 1. The van der Waals surface area contributed by atoms with Crippen molar-refractivity contribution in [2.24, 2.45) is 5.92 Å². The summed E-state index contributed by atoms with van der Waals surface area (Å²) in [6.45, 7) is 0.765. The Labute approximate surface area is 72.1 Å². The topological polar surface area (TPSA) is 49.8 Å². The van der Waals surface area contributed by atoms with E-state index in [0.717, 1.165) is 6.54 Å². The Balaban J connectivity index is 2.11. The number of carbonyl (C=O) groups is 1. The van der Waals surface area contributed by atoms with Crippen LogP contribution < -0.4 is 0 Å². The first-order valence-electron chi connectivity index (χ1n) is 4.22. The lowest BCUT2D eigenvalue weighted by atomic mass is 10.4. The fourth-order valence-electron chi connectivity index (χ4n) is 1.01. The maximum absolute atomic E-state index is 11.1. The van der Waals surface area contributed by atoms with Gasteiger partial charge in [-0.25, -0.2) is 4.79 Å². The second-order valence-electron chi connectivity index (χ2n) is 3.16. The minimum Gasteiger partial charge on any atom is -0.447 e. The maximum Gasteiger partial charge on any atom is 0.409 e. The van der Waals surface area contributed by atoms with Crippen molar-refractivity contribution in [3.05, 3.63) is 0 Å². The molecule has 0 saturated heterocycles. The Morgan fingerprint density at radius 1 is 1.67 bits per heavy atom. The molecule has 4 nitrogen and oxygen atoms in total. The van der Waals surface area contributed by atoms with Crippen LogP contribution in [0.2, 0.25) is 0 Å². The number of hydrogen-bond acceptors (Lipinski definition) is 3. The number of amides is 1. The largest absolute Gasteiger partial charge is 0.447 e. The molecule has 0 radical (unpaired) electrons. The number of ether oxygens (including phenoxy) is 1. The van der Waals surface area contributed by atoms with E-state index in [0.29, 0.717) is 5.92 Å². The highest BCUT2D eigenvalue weighted by Gasteiger charge is 2.25. The van der Waals surface area contributed by atoms with Crippen LogP contribution in [-0.2, 0) is 4.74 Å². The van der Waals surface area contributed by atoms with Gasteiger partial charge in [0.25, 0.3) is 0 Å². The monoisotopic (exact) mass is 173 g/mol. The van der Waals surface area contributed by atoms with Crippen LogP contribution >= 0.6 is 0 Å². The first-order chi connectivity index (χ1) is 5.74. The summed E-state index contributed by atoms with van der Waals surface area (Å²) in [6.07, 6.45) is 2.10. The van der Waals surface area contributed by atoms with E-state index in [1.165, 1.54) is 12.8 Å². The zero-order valence-electron chi connectivity index (χ0n) is 7.32. The normalized spacial score (nSPS) is 15.8. The number of aliphatic hydroxyl groups is 1. The number of carbonyl (C=O) groups excluding carboxylic acids is 1. The van der Waals surface area contributed by atoms with Gasteiger partial charge in [0.1, 0.15) is 6.61 Å². The molecule has 0 aromatic carbocycles. The van der Waals surface area contributed by atoms with E-state index < -0.39 is 0 Å². The van der Waals surface area contributed by atoms with E-state index in [1.54, 1.807) is 11.9 Å². The molecule has 0 aliphatic heterocycles. The van der Waals surface area contributed by atoms with Gasteiger partial charge in [0.2, 0.25) is 0 Å². The van der Waals surface area contributed by atoms with Crippen LogP contribution in [0.15, 0.2) is 0 Å². The molecular formula is C8H15NO3. The van der Waals surface area contributed by atoms with Crippen molar-refractivity contribution in [2.45, 2.75) is 12.8 Å². The quantitative estimate of drug-likeness (QED) is 0.671. The molecule has 0 aromatic rings. The van der Waals surface area contributed by atoms with Crippen molar-refractivity contribution in [2.75, 3.05) is 26.8 Å². The Morgan fingerprint density at radius 2 is 2.33 bits per heavy atom. The standard InChI is InChI=1S/C8H15NO3/c1-9(6-7-2-3-7)8(11)12-5-4-10/h7,10H,2-6H2,1H3. The molecule has 1 rings (SSSR count). The van der Waals surface area contributed by atoms with Crippen LogP contribution in [0.1, 0.15) is 12.8 Å². The molecule has 1 saturated carbocycles. The van der Waals surface area contributed by atoms with Gasteiger partial charge in [-0.1, -0.05) is 0 Å². The van der Waals surface area contributed by atoms with Crippen molar-refractivity contribution >= 4 is 6.09 Å². The van der Waals surface area contributed by atoms with Gasteiger partial charge in [0.05, 0.1) is 6.61 Å². The van der Waals surface area contributed by atoms with Gasteiger partial charge >= 0.3 is 6.09 Å². The third-order valence-electron chi connectivity index (χ3n) is 1.86. The first kappa shape index (κ1) is 9.32. The summed E-state index contributed by atoms with van der Waals surface area (Å²) in [5.74, 6) is 0.677. The second kappa shape index (κ2) is 4.30. The van der Waals surface area contributed by atoms with Gasteiger partial charge in [-0.15, -0.1) is 0 Å². The summed E-state index contributed by atoms with van der Waals surface area (Å²) in [5, 5.41) is 8.40. The molecule has 0 atom stereocenters. The fraction of sp³-hybridized carbons (Fsp3) is 0.875. The van der Waals surface area contributed by atoms with Gasteiger partial charge in [-0.3, -0.25) is 0 Å². The molecular weight excluding hydrogens is 158 g/mol. The molecule has 4 heteroatoms. The van der Waals surface area contributed by atoms with Gasteiger partial charge in [-0.05, 0) is 18.8 Å². The van der Waals surface area contributed by atoms with Crippen LogP contribution in [0, 0.1) is 5.92 Å². The van der Waals surface area contributed by atoms with E-state index in [9.17, 15) is 4.79 Å². The van der Waals surface area contributed by atoms with Crippen molar-refractivity contribution in [1.82, 2.24) is 4.90 Å². The molecule has 1 fully saturated rings. The van der Waals surface area contributed by atoms with Crippen LogP contribution in [0.25, 0.3) is 0 Å². The summed E-state index contributed by atoms with van der Waals surface area (Å²) < 4.78 is 4.72. The highest BCUT2D eigenvalue weighted by Crippen LogP contribution is 2.29. The molecule has 0 spiro atoms.